The molecule has 0 atom stereocenters. The van der Waals surface area contributed by atoms with Crippen LogP contribution in [-0.2, 0) is 17.8 Å². The molecule has 0 radical (unpaired) electrons. The Bertz CT molecular complexity index is 1120. The average Bonchev–Trinajstić information content (AvgIpc) is 2.83. The number of ether oxygens (including phenoxy) is 4. The van der Waals surface area contributed by atoms with Crippen molar-refractivity contribution in [2.24, 2.45) is 5.10 Å². The third-order valence-corrected chi connectivity index (χ3v) is 4.96. The van der Waals surface area contributed by atoms with Crippen LogP contribution < -0.4 is 24.4 Å². The number of amides is 1. The first-order valence-electron chi connectivity index (χ1n) is 10.1. The van der Waals surface area contributed by atoms with Gasteiger partial charge in [0, 0.05) is 5.02 Å². The van der Waals surface area contributed by atoms with Crippen LogP contribution >= 0.6 is 11.6 Å². The smallest absolute Gasteiger partial charge is 0.244 e. The molecular formula is C25H25ClN2O5. The Kier molecular flexibility index (Phi) is 8.55. The summed E-state index contributed by atoms with van der Waals surface area (Å²) in [7, 11) is 4.68. The van der Waals surface area contributed by atoms with Gasteiger partial charge in [-0.25, -0.2) is 5.43 Å². The van der Waals surface area contributed by atoms with E-state index in [0.29, 0.717) is 34.6 Å². The van der Waals surface area contributed by atoms with E-state index in [9.17, 15) is 4.79 Å². The van der Waals surface area contributed by atoms with Crippen molar-refractivity contribution in [1.82, 2.24) is 5.43 Å². The Hall–Kier alpha value is -3.71. The van der Waals surface area contributed by atoms with Crippen molar-refractivity contribution < 1.29 is 23.7 Å². The molecule has 0 spiro atoms. The molecule has 0 heterocycles. The average molecular weight is 469 g/mol. The fourth-order valence-corrected chi connectivity index (χ4v) is 3.15. The number of nitrogens with one attached hydrogen (secondary N) is 1. The summed E-state index contributed by atoms with van der Waals surface area (Å²) in [4.78, 5) is 12.2. The molecule has 0 saturated carbocycles. The Balaban J connectivity index is 1.57. The lowest BCUT2D eigenvalue weighted by Crippen LogP contribution is -2.19. The number of hydrogen-bond acceptors (Lipinski definition) is 6. The second-order valence-electron chi connectivity index (χ2n) is 6.98. The van der Waals surface area contributed by atoms with E-state index in [1.807, 2.05) is 30.3 Å². The SMILES string of the molecule is COc1ccc(CC(=O)N/N=C/c2ccc(OCc3ccc(Cl)cc3)c(OC)c2)cc1OC. The Morgan fingerprint density at radius 1 is 0.848 bits per heavy atom. The summed E-state index contributed by atoms with van der Waals surface area (Å²) in [5.74, 6) is 2.07. The molecule has 0 aliphatic heterocycles. The minimum Gasteiger partial charge on any atom is -0.493 e. The highest BCUT2D eigenvalue weighted by atomic mass is 35.5. The van der Waals surface area contributed by atoms with Crippen LogP contribution in [0.1, 0.15) is 16.7 Å². The topological polar surface area (TPSA) is 78.4 Å². The molecule has 33 heavy (non-hydrogen) atoms. The van der Waals surface area contributed by atoms with Crippen molar-refractivity contribution in [3.63, 3.8) is 0 Å². The zero-order chi connectivity index (χ0) is 23.6. The van der Waals surface area contributed by atoms with Crippen LogP contribution in [0, 0.1) is 0 Å². The molecule has 0 fully saturated rings. The van der Waals surface area contributed by atoms with Gasteiger partial charge in [0.05, 0.1) is 34.0 Å². The highest BCUT2D eigenvalue weighted by molar-refractivity contribution is 6.30. The van der Waals surface area contributed by atoms with E-state index >= 15 is 0 Å². The minimum atomic E-state index is -0.256. The first-order chi connectivity index (χ1) is 16.0. The van der Waals surface area contributed by atoms with Crippen molar-refractivity contribution in [1.29, 1.82) is 0 Å². The van der Waals surface area contributed by atoms with Crippen LogP contribution in [0.4, 0.5) is 0 Å². The standard InChI is InChI=1S/C25H25ClN2O5/c1-30-21-10-6-18(12-23(21)31-2)14-25(29)28-27-15-19-7-11-22(24(13-19)32-3)33-16-17-4-8-20(26)9-5-17/h4-13,15H,14,16H2,1-3H3,(H,28,29)/b27-15+. The monoisotopic (exact) mass is 468 g/mol. The van der Waals surface area contributed by atoms with Gasteiger partial charge in [-0.15, -0.1) is 0 Å². The summed E-state index contributed by atoms with van der Waals surface area (Å²) >= 11 is 5.91. The van der Waals surface area contributed by atoms with Crippen LogP contribution in [0.2, 0.25) is 5.02 Å². The summed E-state index contributed by atoms with van der Waals surface area (Å²) in [5, 5.41) is 4.71. The van der Waals surface area contributed by atoms with E-state index in [1.54, 1.807) is 51.7 Å². The lowest BCUT2D eigenvalue weighted by atomic mass is 10.1. The zero-order valence-corrected chi connectivity index (χ0v) is 19.4. The number of carbonyl (C=O) groups is 1. The molecule has 8 heteroatoms. The fraction of sp³-hybridized carbons (Fsp3) is 0.200. The third kappa shape index (κ3) is 6.89. The molecule has 3 aromatic rings. The zero-order valence-electron chi connectivity index (χ0n) is 18.6. The molecule has 172 valence electrons. The van der Waals surface area contributed by atoms with Gasteiger partial charge in [-0.1, -0.05) is 29.8 Å². The lowest BCUT2D eigenvalue weighted by molar-refractivity contribution is -0.120. The normalized spacial score (nSPS) is 10.7. The molecule has 0 aromatic heterocycles. The minimum absolute atomic E-state index is 0.151. The van der Waals surface area contributed by atoms with Crippen molar-refractivity contribution >= 4 is 23.7 Å². The Morgan fingerprint density at radius 3 is 2.18 bits per heavy atom. The molecule has 0 aliphatic rings. The van der Waals surface area contributed by atoms with Crippen LogP contribution in [0.3, 0.4) is 0 Å². The number of methoxy groups -OCH3 is 3. The van der Waals surface area contributed by atoms with E-state index in [-0.39, 0.29) is 12.3 Å². The first kappa shape index (κ1) is 23.9. The molecule has 0 saturated heterocycles. The molecule has 1 N–H and O–H groups in total. The van der Waals surface area contributed by atoms with E-state index in [4.69, 9.17) is 30.5 Å². The summed E-state index contributed by atoms with van der Waals surface area (Å²) in [6, 6.07) is 18.2. The molecule has 1 amide bonds. The first-order valence-corrected chi connectivity index (χ1v) is 10.5. The molecule has 3 rings (SSSR count). The van der Waals surface area contributed by atoms with Gasteiger partial charge >= 0.3 is 0 Å². The molecular weight excluding hydrogens is 444 g/mol. The van der Waals surface area contributed by atoms with E-state index < -0.39 is 0 Å². The molecule has 3 aromatic carbocycles. The van der Waals surface area contributed by atoms with Gasteiger partial charge in [0.25, 0.3) is 0 Å². The van der Waals surface area contributed by atoms with Gasteiger partial charge in [0.15, 0.2) is 23.0 Å². The van der Waals surface area contributed by atoms with Crippen molar-refractivity contribution in [2.45, 2.75) is 13.0 Å². The largest absolute Gasteiger partial charge is 0.493 e. The van der Waals surface area contributed by atoms with Crippen LogP contribution in [0.15, 0.2) is 65.8 Å². The number of benzene rings is 3. The van der Waals surface area contributed by atoms with Crippen LogP contribution in [0.5, 0.6) is 23.0 Å². The number of carbonyl (C=O) groups excluding carboxylic acids is 1. The maximum Gasteiger partial charge on any atom is 0.244 e. The second-order valence-corrected chi connectivity index (χ2v) is 7.42. The third-order valence-electron chi connectivity index (χ3n) is 4.71. The molecule has 0 aliphatic carbocycles. The number of hydrazone groups is 1. The Labute approximate surface area is 197 Å². The van der Waals surface area contributed by atoms with Gasteiger partial charge in [-0.2, -0.15) is 5.10 Å². The Morgan fingerprint density at radius 2 is 1.48 bits per heavy atom. The molecule has 7 nitrogen and oxygen atoms in total. The highest BCUT2D eigenvalue weighted by Gasteiger charge is 2.09. The maximum absolute atomic E-state index is 12.2. The summed E-state index contributed by atoms with van der Waals surface area (Å²) in [6.07, 6.45) is 1.69. The fourth-order valence-electron chi connectivity index (χ4n) is 3.02. The van der Waals surface area contributed by atoms with Gasteiger partial charge in [0.2, 0.25) is 5.91 Å². The van der Waals surface area contributed by atoms with Gasteiger partial charge in [0.1, 0.15) is 6.61 Å². The van der Waals surface area contributed by atoms with E-state index in [1.165, 1.54) is 6.21 Å². The number of rotatable bonds is 10. The summed E-state index contributed by atoms with van der Waals surface area (Å²) in [5.41, 5.74) is 5.04. The number of nitrogens with zero attached hydrogens (tertiary/aromatic N) is 1. The van der Waals surface area contributed by atoms with Crippen LogP contribution in [-0.4, -0.2) is 33.5 Å². The summed E-state index contributed by atoms with van der Waals surface area (Å²) < 4.78 is 21.7. The highest BCUT2D eigenvalue weighted by Crippen LogP contribution is 2.29. The second kappa shape index (κ2) is 11.8. The number of halogens is 1. The number of hydrogen-bond donors (Lipinski definition) is 1. The molecule has 0 unspecified atom stereocenters. The van der Waals surface area contributed by atoms with Gasteiger partial charge in [-0.05, 0) is 59.2 Å². The van der Waals surface area contributed by atoms with Crippen molar-refractivity contribution in [3.8, 4) is 23.0 Å². The van der Waals surface area contributed by atoms with Crippen molar-refractivity contribution in [2.75, 3.05) is 21.3 Å². The van der Waals surface area contributed by atoms with Gasteiger partial charge < -0.3 is 18.9 Å². The maximum atomic E-state index is 12.2. The predicted octanol–water partition coefficient (Wildman–Crippen LogP) is 4.64. The predicted molar refractivity (Wildman–Crippen MR) is 128 cm³/mol. The van der Waals surface area contributed by atoms with E-state index in [2.05, 4.69) is 10.5 Å². The quantitative estimate of drug-likeness (QED) is 0.346. The molecule has 0 bridgehead atoms. The van der Waals surface area contributed by atoms with Gasteiger partial charge in [-0.3, -0.25) is 4.79 Å². The summed E-state index contributed by atoms with van der Waals surface area (Å²) in [6.45, 7) is 0.382. The van der Waals surface area contributed by atoms with Crippen LogP contribution in [0.25, 0.3) is 0 Å². The van der Waals surface area contributed by atoms with Crippen molar-refractivity contribution in [3.05, 3.63) is 82.4 Å². The lowest BCUT2D eigenvalue weighted by Gasteiger charge is -2.11. The van der Waals surface area contributed by atoms with E-state index in [0.717, 1.165) is 16.7 Å².